The van der Waals surface area contributed by atoms with Crippen molar-refractivity contribution in [2.24, 2.45) is 0 Å². The topological polar surface area (TPSA) is 101 Å². The first-order valence-electron chi connectivity index (χ1n) is 5.58. The highest BCUT2D eigenvalue weighted by Crippen LogP contribution is 2.17. The first-order chi connectivity index (χ1) is 8.99. The molecule has 1 heterocycles. The van der Waals surface area contributed by atoms with Crippen LogP contribution >= 0.6 is 11.8 Å². The van der Waals surface area contributed by atoms with Gasteiger partial charge in [-0.25, -0.2) is 4.79 Å². The molecular formula is C11H15N3O4S. The molecule has 1 rings (SSSR count). The number of hydrogen-bond donors (Lipinski definition) is 2. The second-order valence-electron chi connectivity index (χ2n) is 3.54. The van der Waals surface area contributed by atoms with E-state index in [4.69, 9.17) is 4.74 Å². The minimum absolute atomic E-state index is 0.223. The summed E-state index contributed by atoms with van der Waals surface area (Å²) < 4.78 is 4.70. The van der Waals surface area contributed by atoms with Gasteiger partial charge in [-0.15, -0.1) is 11.8 Å². The van der Waals surface area contributed by atoms with Crippen LogP contribution < -0.4 is 11.0 Å². The number of esters is 1. The summed E-state index contributed by atoms with van der Waals surface area (Å²) in [6, 6.07) is 0. The summed E-state index contributed by atoms with van der Waals surface area (Å²) in [7, 11) is 0. The average Bonchev–Trinajstić information content (AvgIpc) is 2.35. The van der Waals surface area contributed by atoms with E-state index in [0.29, 0.717) is 10.7 Å². The molecule has 19 heavy (non-hydrogen) atoms. The van der Waals surface area contributed by atoms with Crippen LogP contribution in [0.4, 0.5) is 0 Å². The van der Waals surface area contributed by atoms with Crippen LogP contribution in [0.15, 0.2) is 9.82 Å². The number of carbonyl (C=O) groups excluding carboxylic acids is 2. The number of H-pyrrole nitrogens is 1. The fourth-order valence-corrected chi connectivity index (χ4v) is 2.05. The zero-order valence-electron chi connectivity index (χ0n) is 10.9. The van der Waals surface area contributed by atoms with Crippen LogP contribution in [0.5, 0.6) is 0 Å². The number of rotatable bonds is 5. The molecule has 0 fully saturated rings. The molecular weight excluding hydrogens is 270 g/mol. The van der Waals surface area contributed by atoms with Gasteiger partial charge in [0, 0.05) is 5.69 Å². The third-order valence-electron chi connectivity index (χ3n) is 2.21. The minimum atomic E-state index is -0.517. The van der Waals surface area contributed by atoms with E-state index in [1.54, 1.807) is 20.1 Å². The molecule has 0 atom stereocenters. The number of aromatic amines is 1. The minimum Gasteiger partial charge on any atom is -0.465 e. The molecule has 0 aliphatic carbocycles. The summed E-state index contributed by atoms with van der Waals surface area (Å²) in [5, 5.41) is 2.75. The fraction of sp³-hybridized carbons (Fsp3) is 0.455. The zero-order chi connectivity index (χ0) is 14.4. The molecule has 7 nitrogen and oxygen atoms in total. The predicted octanol–water partition coefficient (Wildman–Crippen LogP) is 0.0931. The van der Waals surface area contributed by atoms with Crippen LogP contribution in [-0.4, -0.2) is 41.3 Å². The Morgan fingerprint density at radius 1 is 1.47 bits per heavy atom. The largest absolute Gasteiger partial charge is 0.465 e. The maximum atomic E-state index is 12.0. The quantitative estimate of drug-likeness (QED) is 0.452. The van der Waals surface area contributed by atoms with Gasteiger partial charge in [-0.3, -0.25) is 9.59 Å². The Morgan fingerprint density at radius 2 is 2.16 bits per heavy atom. The van der Waals surface area contributed by atoms with Crippen LogP contribution in [-0.2, 0) is 9.53 Å². The van der Waals surface area contributed by atoms with Crippen LogP contribution in [0.3, 0.4) is 0 Å². The normalized spacial score (nSPS) is 10.1. The Labute approximate surface area is 114 Å². The lowest BCUT2D eigenvalue weighted by molar-refractivity contribution is -0.141. The van der Waals surface area contributed by atoms with Crippen molar-refractivity contribution in [1.82, 2.24) is 15.3 Å². The fourth-order valence-electron chi connectivity index (χ4n) is 1.43. The summed E-state index contributed by atoms with van der Waals surface area (Å²) >= 11 is 1.19. The van der Waals surface area contributed by atoms with E-state index in [1.807, 2.05) is 0 Å². The van der Waals surface area contributed by atoms with Gasteiger partial charge in [0.05, 0.1) is 12.2 Å². The van der Waals surface area contributed by atoms with Gasteiger partial charge in [0.1, 0.15) is 11.6 Å². The number of aromatic nitrogens is 2. The third-order valence-corrected chi connectivity index (χ3v) is 2.89. The Bertz CT molecular complexity index is 541. The SMILES string of the molecule is CCOC(=O)CNC(=O)c1c(SC)nc(=O)[nH]c1C. The summed E-state index contributed by atoms with van der Waals surface area (Å²) in [6.45, 7) is 3.31. The number of amides is 1. The highest BCUT2D eigenvalue weighted by Gasteiger charge is 2.17. The van der Waals surface area contributed by atoms with Gasteiger partial charge in [-0.1, -0.05) is 0 Å². The molecule has 0 aromatic carbocycles. The predicted molar refractivity (Wildman–Crippen MR) is 70.3 cm³/mol. The number of aryl methyl sites for hydroxylation is 1. The Morgan fingerprint density at radius 3 is 2.74 bits per heavy atom. The molecule has 0 aliphatic heterocycles. The van der Waals surface area contributed by atoms with Crippen molar-refractivity contribution in [3.63, 3.8) is 0 Å². The molecule has 1 aromatic heterocycles. The van der Waals surface area contributed by atoms with E-state index in [2.05, 4.69) is 15.3 Å². The van der Waals surface area contributed by atoms with Crippen molar-refractivity contribution in [2.75, 3.05) is 19.4 Å². The van der Waals surface area contributed by atoms with Gasteiger partial charge in [0.25, 0.3) is 5.91 Å². The molecule has 0 unspecified atom stereocenters. The highest BCUT2D eigenvalue weighted by atomic mass is 32.2. The van der Waals surface area contributed by atoms with Crippen LogP contribution in [0.2, 0.25) is 0 Å². The molecule has 8 heteroatoms. The van der Waals surface area contributed by atoms with E-state index >= 15 is 0 Å². The van der Waals surface area contributed by atoms with E-state index in [9.17, 15) is 14.4 Å². The zero-order valence-corrected chi connectivity index (χ0v) is 11.7. The molecule has 1 amide bonds. The number of nitrogens with zero attached hydrogens (tertiary/aromatic N) is 1. The maximum Gasteiger partial charge on any atom is 0.346 e. The van der Waals surface area contributed by atoms with Gasteiger partial charge in [0.15, 0.2) is 0 Å². The van der Waals surface area contributed by atoms with Gasteiger partial charge in [0.2, 0.25) is 0 Å². The average molecular weight is 285 g/mol. The van der Waals surface area contributed by atoms with Gasteiger partial charge in [-0.05, 0) is 20.1 Å². The monoisotopic (exact) mass is 285 g/mol. The Hall–Kier alpha value is -1.83. The number of hydrogen-bond acceptors (Lipinski definition) is 6. The molecule has 0 bridgehead atoms. The van der Waals surface area contributed by atoms with Crippen molar-refractivity contribution in [3.8, 4) is 0 Å². The lowest BCUT2D eigenvalue weighted by Gasteiger charge is -2.09. The lowest BCUT2D eigenvalue weighted by atomic mass is 10.2. The molecule has 0 saturated heterocycles. The van der Waals surface area contributed by atoms with Crippen LogP contribution in [0, 0.1) is 6.92 Å². The van der Waals surface area contributed by atoms with Crippen molar-refractivity contribution in [1.29, 1.82) is 0 Å². The number of thioether (sulfide) groups is 1. The number of carbonyl (C=O) groups is 2. The molecule has 0 radical (unpaired) electrons. The Balaban J connectivity index is 2.88. The first-order valence-corrected chi connectivity index (χ1v) is 6.80. The molecule has 2 N–H and O–H groups in total. The maximum absolute atomic E-state index is 12.0. The lowest BCUT2D eigenvalue weighted by Crippen LogP contribution is -2.32. The molecule has 1 aromatic rings. The van der Waals surface area contributed by atoms with Crippen molar-refractivity contribution < 1.29 is 14.3 Å². The van der Waals surface area contributed by atoms with E-state index in [-0.39, 0.29) is 18.7 Å². The Kier molecular flexibility index (Phi) is 5.56. The molecule has 0 spiro atoms. The second-order valence-corrected chi connectivity index (χ2v) is 4.33. The molecule has 104 valence electrons. The number of ether oxygens (including phenoxy) is 1. The van der Waals surface area contributed by atoms with Crippen molar-refractivity contribution in [2.45, 2.75) is 18.9 Å². The summed E-state index contributed by atoms with van der Waals surface area (Å²) in [5.41, 5.74) is 0.158. The number of nitrogens with one attached hydrogen (secondary N) is 2. The summed E-state index contributed by atoms with van der Waals surface area (Å²) in [6.07, 6.45) is 1.71. The van der Waals surface area contributed by atoms with E-state index in [0.717, 1.165) is 0 Å². The summed E-state index contributed by atoms with van der Waals surface area (Å²) in [5.74, 6) is -0.991. The first kappa shape index (κ1) is 15.2. The van der Waals surface area contributed by atoms with Gasteiger partial charge in [-0.2, -0.15) is 4.98 Å². The smallest absolute Gasteiger partial charge is 0.346 e. The van der Waals surface area contributed by atoms with Crippen molar-refractivity contribution in [3.05, 3.63) is 21.7 Å². The summed E-state index contributed by atoms with van der Waals surface area (Å²) in [4.78, 5) is 40.5. The van der Waals surface area contributed by atoms with Crippen LogP contribution in [0.25, 0.3) is 0 Å². The van der Waals surface area contributed by atoms with Crippen molar-refractivity contribution >= 4 is 23.6 Å². The van der Waals surface area contributed by atoms with Gasteiger partial charge >= 0.3 is 11.7 Å². The highest BCUT2D eigenvalue weighted by molar-refractivity contribution is 7.98. The van der Waals surface area contributed by atoms with Gasteiger partial charge < -0.3 is 15.0 Å². The third kappa shape index (κ3) is 4.09. The second kappa shape index (κ2) is 6.93. The standard InChI is InChI=1S/C11H15N3O4S/c1-4-18-7(15)5-12-9(16)8-6(2)13-11(17)14-10(8)19-3/h4-5H2,1-3H3,(H,12,16)(H,13,14,17). The molecule has 0 saturated carbocycles. The molecule has 0 aliphatic rings. The van der Waals surface area contributed by atoms with E-state index < -0.39 is 17.6 Å². The van der Waals surface area contributed by atoms with Crippen LogP contribution in [0.1, 0.15) is 23.0 Å². The van der Waals surface area contributed by atoms with E-state index in [1.165, 1.54) is 11.8 Å².